The summed E-state index contributed by atoms with van der Waals surface area (Å²) in [5.74, 6) is 1.65. The van der Waals surface area contributed by atoms with Crippen molar-refractivity contribution in [2.45, 2.75) is 59.0 Å². The van der Waals surface area contributed by atoms with Crippen LogP contribution < -0.4 is 5.32 Å². The lowest BCUT2D eigenvalue weighted by Crippen LogP contribution is -2.22. The molecule has 0 saturated heterocycles. The number of carbonyl (C=O) groups excluding carboxylic acids is 1. The second kappa shape index (κ2) is 7.77. The van der Waals surface area contributed by atoms with Gasteiger partial charge < -0.3 is 9.88 Å². The van der Waals surface area contributed by atoms with E-state index < -0.39 is 0 Å². The summed E-state index contributed by atoms with van der Waals surface area (Å²) in [6, 6.07) is 2.12. The van der Waals surface area contributed by atoms with Crippen LogP contribution in [0.1, 0.15) is 51.9 Å². The number of rotatable bonds is 8. The first-order chi connectivity index (χ1) is 10.7. The first kappa shape index (κ1) is 16.3. The van der Waals surface area contributed by atoms with Gasteiger partial charge >= 0.3 is 0 Å². The second-order valence-electron chi connectivity index (χ2n) is 5.57. The highest BCUT2D eigenvalue weighted by molar-refractivity contribution is 5.89. The van der Waals surface area contributed by atoms with Crippen LogP contribution in [0.25, 0.3) is 0 Å². The van der Waals surface area contributed by atoms with Crippen LogP contribution in [0.5, 0.6) is 0 Å². The predicted molar refractivity (Wildman–Crippen MR) is 86.7 cm³/mol. The van der Waals surface area contributed by atoms with Gasteiger partial charge in [0, 0.05) is 24.9 Å². The molecular weight excluding hydrogens is 278 g/mol. The summed E-state index contributed by atoms with van der Waals surface area (Å²) >= 11 is 0. The Morgan fingerprint density at radius 2 is 2.14 bits per heavy atom. The zero-order valence-electron chi connectivity index (χ0n) is 13.6. The molecule has 2 rings (SSSR count). The number of aromatic nitrogens is 4. The summed E-state index contributed by atoms with van der Waals surface area (Å²) in [7, 11) is 0. The fraction of sp³-hybridized carbons (Fsp3) is 0.562. The van der Waals surface area contributed by atoms with Gasteiger partial charge in [-0.1, -0.05) is 20.3 Å². The Morgan fingerprint density at radius 3 is 2.86 bits per heavy atom. The molecule has 6 nitrogen and oxygen atoms in total. The van der Waals surface area contributed by atoms with Gasteiger partial charge in [0.25, 0.3) is 0 Å². The topological polar surface area (TPSA) is 64.7 Å². The van der Waals surface area contributed by atoms with Crippen LogP contribution in [-0.4, -0.2) is 25.2 Å². The van der Waals surface area contributed by atoms with Crippen molar-refractivity contribution in [2.75, 3.05) is 5.32 Å². The Morgan fingerprint density at radius 1 is 1.32 bits per heavy atom. The molecule has 0 aliphatic carbocycles. The molecule has 1 N–H and O–H groups in total. The van der Waals surface area contributed by atoms with Crippen LogP contribution >= 0.6 is 0 Å². The minimum atomic E-state index is -0.0548. The van der Waals surface area contributed by atoms with Gasteiger partial charge in [0.2, 0.25) is 5.91 Å². The highest BCUT2D eigenvalue weighted by Crippen LogP contribution is 2.18. The second-order valence-corrected chi connectivity index (χ2v) is 5.57. The van der Waals surface area contributed by atoms with Crippen LogP contribution in [0.3, 0.4) is 0 Å². The Kier molecular flexibility index (Phi) is 5.75. The number of hydrogen-bond acceptors (Lipinski definition) is 3. The number of nitrogens with one attached hydrogen (secondary N) is 1. The van der Waals surface area contributed by atoms with E-state index in [9.17, 15) is 4.79 Å². The van der Waals surface area contributed by atoms with Crippen molar-refractivity contribution in [2.24, 2.45) is 0 Å². The molecule has 2 aromatic rings. The SMILES string of the molecule is CCCc1nccn1CC(=O)Nc1ccnn1[C@@H](C)CCC. The van der Waals surface area contributed by atoms with E-state index in [0.717, 1.165) is 37.3 Å². The van der Waals surface area contributed by atoms with Crippen LogP contribution in [0.4, 0.5) is 5.82 Å². The molecule has 120 valence electrons. The first-order valence-corrected chi connectivity index (χ1v) is 7.99. The molecule has 6 heteroatoms. The molecule has 0 aliphatic heterocycles. The van der Waals surface area contributed by atoms with E-state index in [1.807, 2.05) is 21.5 Å². The lowest BCUT2D eigenvalue weighted by atomic mass is 10.2. The molecule has 0 fully saturated rings. The maximum absolute atomic E-state index is 12.3. The standard InChI is InChI=1S/C16H25N5O/c1-4-6-13(3)21-15(8-9-18-21)19-16(22)12-20-11-10-17-14(20)7-5-2/h8-11,13H,4-7,12H2,1-3H3,(H,19,22)/t13-/m0/s1. The van der Waals surface area contributed by atoms with E-state index in [0.29, 0.717) is 0 Å². The molecule has 0 spiro atoms. The van der Waals surface area contributed by atoms with Crippen LogP contribution in [-0.2, 0) is 17.8 Å². The maximum Gasteiger partial charge on any atom is 0.245 e. The lowest BCUT2D eigenvalue weighted by Gasteiger charge is -2.15. The summed E-state index contributed by atoms with van der Waals surface area (Å²) in [6.07, 6.45) is 9.33. The average Bonchev–Trinajstić information content (AvgIpc) is 3.10. The van der Waals surface area contributed by atoms with Crippen LogP contribution in [0.15, 0.2) is 24.7 Å². The van der Waals surface area contributed by atoms with Crippen molar-refractivity contribution >= 4 is 11.7 Å². The summed E-state index contributed by atoms with van der Waals surface area (Å²) in [5.41, 5.74) is 0. The molecule has 22 heavy (non-hydrogen) atoms. The molecule has 2 aromatic heterocycles. The highest BCUT2D eigenvalue weighted by Gasteiger charge is 2.13. The van der Waals surface area contributed by atoms with Gasteiger partial charge in [0.1, 0.15) is 18.2 Å². The first-order valence-electron chi connectivity index (χ1n) is 7.99. The van der Waals surface area contributed by atoms with Crippen molar-refractivity contribution in [3.63, 3.8) is 0 Å². The molecule has 1 atom stereocenters. The van der Waals surface area contributed by atoms with Gasteiger partial charge in [-0.25, -0.2) is 9.67 Å². The summed E-state index contributed by atoms with van der Waals surface area (Å²) < 4.78 is 3.78. The third kappa shape index (κ3) is 3.96. The minimum absolute atomic E-state index is 0.0548. The molecule has 2 heterocycles. The monoisotopic (exact) mass is 303 g/mol. The highest BCUT2D eigenvalue weighted by atomic mass is 16.2. The molecule has 0 aliphatic rings. The van der Waals surface area contributed by atoms with E-state index in [1.165, 1.54) is 0 Å². The van der Waals surface area contributed by atoms with E-state index in [-0.39, 0.29) is 18.5 Å². The van der Waals surface area contributed by atoms with Crippen molar-refractivity contribution in [1.29, 1.82) is 0 Å². The average molecular weight is 303 g/mol. The van der Waals surface area contributed by atoms with Crippen molar-refractivity contribution < 1.29 is 4.79 Å². The molecule has 0 aromatic carbocycles. The Hall–Kier alpha value is -2.11. The molecule has 0 unspecified atom stereocenters. The Balaban J connectivity index is 2.00. The summed E-state index contributed by atoms with van der Waals surface area (Å²) in [6.45, 7) is 6.64. The van der Waals surface area contributed by atoms with E-state index in [2.05, 4.69) is 36.2 Å². The number of anilines is 1. The van der Waals surface area contributed by atoms with Gasteiger partial charge in [-0.3, -0.25) is 4.79 Å². The molecule has 0 bridgehead atoms. The quantitative estimate of drug-likeness (QED) is 0.815. The van der Waals surface area contributed by atoms with Crippen molar-refractivity contribution in [3.05, 3.63) is 30.5 Å². The molecule has 1 amide bonds. The van der Waals surface area contributed by atoms with E-state index in [4.69, 9.17) is 0 Å². The third-order valence-corrected chi connectivity index (χ3v) is 3.65. The largest absolute Gasteiger partial charge is 0.326 e. The lowest BCUT2D eigenvalue weighted by molar-refractivity contribution is -0.116. The van der Waals surface area contributed by atoms with Crippen molar-refractivity contribution in [1.82, 2.24) is 19.3 Å². The van der Waals surface area contributed by atoms with Gasteiger partial charge in [-0.05, 0) is 19.8 Å². The number of carbonyl (C=O) groups is 1. The zero-order valence-corrected chi connectivity index (χ0v) is 13.6. The fourth-order valence-corrected chi connectivity index (χ4v) is 2.58. The van der Waals surface area contributed by atoms with Crippen LogP contribution in [0.2, 0.25) is 0 Å². The number of imidazole rings is 1. The number of nitrogens with zero attached hydrogens (tertiary/aromatic N) is 4. The number of aryl methyl sites for hydroxylation is 1. The van der Waals surface area contributed by atoms with Crippen LogP contribution in [0, 0.1) is 0 Å². The van der Waals surface area contributed by atoms with Gasteiger partial charge in [-0.2, -0.15) is 5.10 Å². The molecule has 0 saturated carbocycles. The Labute approximate surface area is 131 Å². The smallest absolute Gasteiger partial charge is 0.245 e. The predicted octanol–water partition coefficient (Wildman–Crippen LogP) is 3.03. The minimum Gasteiger partial charge on any atom is -0.326 e. The van der Waals surface area contributed by atoms with Gasteiger partial charge in [-0.15, -0.1) is 0 Å². The zero-order chi connectivity index (χ0) is 15.9. The van der Waals surface area contributed by atoms with Gasteiger partial charge in [0.15, 0.2) is 0 Å². The number of amides is 1. The summed E-state index contributed by atoms with van der Waals surface area (Å²) in [5, 5.41) is 7.26. The van der Waals surface area contributed by atoms with E-state index >= 15 is 0 Å². The third-order valence-electron chi connectivity index (χ3n) is 3.65. The maximum atomic E-state index is 12.3. The fourth-order valence-electron chi connectivity index (χ4n) is 2.58. The molecular formula is C16H25N5O. The molecule has 0 radical (unpaired) electrons. The summed E-state index contributed by atoms with van der Waals surface area (Å²) in [4.78, 5) is 16.6. The van der Waals surface area contributed by atoms with Crippen molar-refractivity contribution in [3.8, 4) is 0 Å². The van der Waals surface area contributed by atoms with E-state index in [1.54, 1.807) is 12.4 Å². The normalized spacial score (nSPS) is 12.3. The number of hydrogen-bond donors (Lipinski definition) is 1. The Bertz CT molecular complexity index is 601. The van der Waals surface area contributed by atoms with Gasteiger partial charge in [0.05, 0.1) is 12.2 Å².